The fourth-order valence-electron chi connectivity index (χ4n) is 5.55. The number of nitrogen functional groups attached to an aromatic ring is 1. The minimum Gasteiger partial charge on any atom is -0.383 e. The zero-order chi connectivity index (χ0) is 23.9. The predicted octanol–water partition coefficient (Wildman–Crippen LogP) is 3.41. The molecule has 1 spiro atoms. The van der Waals surface area contributed by atoms with Crippen LogP contribution in [-0.4, -0.2) is 53.9 Å². The second-order valence-electron chi connectivity index (χ2n) is 9.43. The Bertz CT molecular complexity index is 1240. The first-order chi connectivity index (χ1) is 16.1. The van der Waals surface area contributed by atoms with Crippen LogP contribution >= 0.6 is 0 Å². The monoisotopic (exact) mass is 480 g/mol. The van der Waals surface area contributed by atoms with Crippen LogP contribution in [0, 0.1) is 5.92 Å². The standard InChI is InChI=1S/C21H21F5N8/c22-20(23)7-13(20)16(18-29-10-30-31-18)33-3-1-19(9-33)2-4-34-15(19)6-14(32-34)11-5-12(21(24,25)26)17(27)28-8-11/h5-6,8,10,13,16H,1-4,7,9H2,(H2,27,28)(H,29,30,31)/t13-,16+,19-/m1/s1. The maximum atomic E-state index is 14.0. The number of hydrogen-bond donors (Lipinski definition) is 2. The third kappa shape index (κ3) is 3.28. The Labute approximate surface area is 190 Å². The summed E-state index contributed by atoms with van der Waals surface area (Å²) in [6.45, 7) is 1.73. The molecule has 3 aromatic heterocycles. The van der Waals surface area contributed by atoms with Crippen molar-refractivity contribution in [2.45, 2.75) is 49.4 Å². The molecule has 34 heavy (non-hydrogen) atoms. The molecule has 3 aliphatic rings. The summed E-state index contributed by atoms with van der Waals surface area (Å²) < 4.78 is 69.7. The minimum atomic E-state index is -4.62. The van der Waals surface area contributed by atoms with Crippen molar-refractivity contribution in [2.75, 3.05) is 18.8 Å². The molecular weight excluding hydrogens is 459 g/mol. The number of pyridine rings is 1. The predicted molar refractivity (Wildman–Crippen MR) is 110 cm³/mol. The van der Waals surface area contributed by atoms with Crippen molar-refractivity contribution in [3.8, 4) is 11.3 Å². The third-order valence-electron chi connectivity index (χ3n) is 7.39. The van der Waals surface area contributed by atoms with Gasteiger partial charge in [0, 0.05) is 42.4 Å². The van der Waals surface area contributed by atoms with Gasteiger partial charge in [-0.05, 0) is 31.5 Å². The smallest absolute Gasteiger partial charge is 0.383 e. The molecule has 3 atom stereocenters. The number of nitrogens with one attached hydrogen (secondary N) is 1. The highest BCUT2D eigenvalue weighted by molar-refractivity contribution is 5.63. The van der Waals surface area contributed by atoms with Crippen LogP contribution in [0.2, 0.25) is 0 Å². The number of anilines is 1. The Balaban J connectivity index is 1.30. The van der Waals surface area contributed by atoms with Crippen LogP contribution in [0.25, 0.3) is 11.3 Å². The van der Waals surface area contributed by atoms with Gasteiger partial charge in [-0.25, -0.2) is 18.7 Å². The molecule has 3 N–H and O–H groups in total. The van der Waals surface area contributed by atoms with Crippen LogP contribution in [0.1, 0.15) is 42.4 Å². The van der Waals surface area contributed by atoms with E-state index >= 15 is 0 Å². The number of alkyl halides is 5. The molecule has 0 amide bonds. The largest absolute Gasteiger partial charge is 0.419 e. The number of nitrogens with zero attached hydrogens (tertiary/aromatic N) is 6. The van der Waals surface area contributed by atoms with Gasteiger partial charge in [0.05, 0.1) is 23.2 Å². The lowest BCUT2D eigenvalue weighted by Crippen LogP contribution is -2.34. The number of hydrogen-bond acceptors (Lipinski definition) is 6. The summed E-state index contributed by atoms with van der Waals surface area (Å²) in [7, 11) is 0. The average Bonchev–Trinajstić information content (AvgIpc) is 3.35. The van der Waals surface area contributed by atoms with Crippen LogP contribution in [0.4, 0.5) is 27.8 Å². The SMILES string of the molecule is Nc1ncc(-c2cc3n(n2)CC[C@@]32CCN([C@H](c3ncn[nH]3)[C@H]3CC3(F)F)C2)cc1C(F)(F)F. The Morgan fingerprint density at radius 2 is 1.91 bits per heavy atom. The van der Waals surface area contributed by atoms with Crippen molar-refractivity contribution >= 4 is 5.82 Å². The normalized spacial score (nSPS) is 26.8. The van der Waals surface area contributed by atoms with Gasteiger partial charge in [0.25, 0.3) is 5.92 Å². The number of aryl methyl sites for hydroxylation is 1. The summed E-state index contributed by atoms with van der Waals surface area (Å²) in [5.41, 5.74) is 5.61. The number of aromatic amines is 1. The van der Waals surface area contributed by atoms with Crippen molar-refractivity contribution in [3.05, 3.63) is 41.7 Å². The summed E-state index contributed by atoms with van der Waals surface area (Å²) >= 11 is 0. The Morgan fingerprint density at radius 1 is 1.15 bits per heavy atom. The first-order valence-corrected chi connectivity index (χ1v) is 11.0. The lowest BCUT2D eigenvalue weighted by Gasteiger charge is -2.28. The van der Waals surface area contributed by atoms with Crippen molar-refractivity contribution in [2.24, 2.45) is 5.92 Å². The quantitative estimate of drug-likeness (QED) is 0.555. The van der Waals surface area contributed by atoms with Crippen LogP contribution in [0.5, 0.6) is 0 Å². The number of aromatic nitrogens is 6. The van der Waals surface area contributed by atoms with Crippen molar-refractivity contribution in [3.63, 3.8) is 0 Å². The highest BCUT2D eigenvalue weighted by Crippen LogP contribution is 2.58. The van der Waals surface area contributed by atoms with E-state index < -0.39 is 35.4 Å². The molecule has 0 radical (unpaired) electrons. The van der Waals surface area contributed by atoms with Crippen LogP contribution in [0.3, 0.4) is 0 Å². The number of rotatable bonds is 4. The molecule has 1 aliphatic carbocycles. The van der Waals surface area contributed by atoms with Gasteiger partial charge < -0.3 is 5.73 Å². The number of likely N-dealkylation sites (tertiary alicyclic amines) is 1. The van der Waals surface area contributed by atoms with E-state index in [0.29, 0.717) is 31.2 Å². The fourth-order valence-corrected chi connectivity index (χ4v) is 5.55. The summed E-state index contributed by atoms with van der Waals surface area (Å²) in [6.07, 6.45) is -0.690. The van der Waals surface area contributed by atoms with Gasteiger partial charge in [0.15, 0.2) is 0 Å². The number of nitrogens with two attached hydrogens (primary N) is 1. The Morgan fingerprint density at radius 3 is 2.59 bits per heavy atom. The molecule has 2 fully saturated rings. The molecule has 1 saturated carbocycles. The maximum Gasteiger partial charge on any atom is 0.419 e. The molecule has 1 saturated heterocycles. The molecule has 2 aliphatic heterocycles. The van der Waals surface area contributed by atoms with Gasteiger partial charge in [-0.3, -0.25) is 14.7 Å². The fraction of sp³-hybridized carbons (Fsp3) is 0.524. The average molecular weight is 480 g/mol. The molecule has 0 aromatic carbocycles. The van der Waals surface area contributed by atoms with Gasteiger partial charge in [-0.1, -0.05) is 0 Å². The number of H-pyrrole nitrogens is 1. The molecule has 3 aromatic rings. The lowest BCUT2D eigenvalue weighted by atomic mass is 9.82. The molecule has 8 nitrogen and oxygen atoms in total. The van der Waals surface area contributed by atoms with E-state index in [1.165, 1.54) is 12.5 Å². The van der Waals surface area contributed by atoms with E-state index in [9.17, 15) is 22.0 Å². The zero-order valence-corrected chi connectivity index (χ0v) is 17.9. The second kappa shape index (κ2) is 6.96. The van der Waals surface area contributed by atoms with Crippen molar-refractivity contribution in [1.82, 2.24) is 34.8 Å². The third-order valence-corrected chi connectivity index (χ3v) is 7.39. The molecular formula is C21H21F5N8. The summed E-state index contributed by atoms with van der Waals surface area (Å²) in [5, 5.41) is 11.1. The first-order valence-electron chi connectivity index (χ1n) is 11.0. The van der Waals surface area contributed by atoms with Gasteiger partial charge in [-0.15, -0.1) is 0 Å². The minimum absolute atomic E-state index is 0.185. The molecule has 0 bridgehead atoms. The lowest BCUT2D eigenvalue weighted by molar-refractivity contribution is -0.137. The topological polar surface area (TPSA) is 102 Å². The van der Waals surface area contributed by atoms with E-state index in [1.807, 2.05) is 4.90 Å². The maximum absolute atomic E-state index is 14.0. The molecule has 5 heterocycles. The number of fused-ring (bicyclic) bond motifs is 2. The van der Waals surface area contributed by atoms with Crippen molar-refractivity contribution in [1.29, 1.82) is 0 Å². The highest BCUT2D eigenvalue weighted by atomic mass is 19.4. The highest BCUT2D eigenvalue weighted by Gasteiger charge is 2.63. The summed E-state index contributed by atoms with van der Waals surface area (Å²) in [5.74, 6) is -3.70. The molecule has 6 rings (SSSR count). The summed E-state index contributed by atoms with van der Waals surface area (Å²) in [6, 6.07) is 2.19. The number of halogens is 5. The van der Waals surface area contributed by atoms with Crippen LogP contribution < -0.4 is 5.73 Å². The van der Waals surface area contributed by atoms with E-state index in [0.717, 1.165) is 24.6 Å². The first kappa shape index (κ1) is 21.4. The van der Waals surface area contributed by atoms with Gasteiger partial charge >= 0.3 is 6.18 Å². The van der Waals surface area contributed by atoms with Gasteiger partial charge in [0.1, 0.15) is 18.0 Å². The van der Waals surface area contributed by atoms with E-state index in [-0.39, 0.29) is 17.4 Å². The van der Waals surface area contributed by atoms with Crippen LogP contribution in [0.15, 0.2) is 24.7 Å². The van der Waals surface area contributed by atoms with Crippen LogP contribution in [-0.2, 0) is 18.1 Å². The summed E-state index contributed by atoms with van der Waals surface area (Å²) in [4.78, 5) is 9.90. The van der Waals surface area contributed by atoms with E-state index in [2.05, 4.69) is 25.3 Å². The Kier molecular flexibility index (Phi) is 4.39. The zero-order valence-electron chi connectivity index (χ0n) is 17.9. The van der Waals surface area contributed by atoms with Crippen molar-refractivity contribution < 1.29 is 22.0 Å². The molecule has 13 heteroatoms. The molecule has 180 valence electrons. The van der Waals surface area contributed by atoms with E-state index in [4.69, 9.17) is 5.73 Å². The van der Waals surface area contributed by atoms with Gasteiger partial charge in [0.2, 0.25) is 0 Å². The van der Waals surface area contributed by atoms with Gasteiger partial charge in [-0.2, -0.15) is 23.4 Å². The molecule has 0 unspecified atom stereocenters. The van der Waals surface area contributed by atoms with E-state index in [1.54, 1.807) is 10.7 Å². The Hall–Kier alpha value is -3.09. The second-order valence-corrected chi connectivity index (χ2v) is 9.43.